The lowest BCUT2D eigenvalue weighted by atomic mass is 10.0. The summed E-state index contributed by atoms with van der Waals surface area (Å²) in [5.74, 6) is -0.709. The number of cyclic esters (lactones) is 2. The van der Waals surface area contributed by atoms with E-state index in [0.29, 0.717) is 17.7 Å². The predicted molar refractivity (Wildman–Crippen MR) is 79.7 cm³/mol. The van der Waals surface area contributed by atoms with E-state index in [-0.39, 0.29) is 18.5 Å². The highest BCUT2D eigenvalue weighted by Crippen LogP contribution is 2.34. The van der Waals surface area contributed by atoms with E-state index in [1.165, 1.54) is 0 Å². The van der Waals surface area contributed by atoms with Crippen LogP contribution in [0.2, 0.25) is 0 Å². The van der Waals surface area contributed by atoms with Crippen LogP contribution in [-0.4, -0.2) is 11.9 Å². The molecule has 1 unspecified atom stereocenters. The van der Waals surface area contributed by atoms with Gasteiger partial charge in [0.1, 0.15) is 6.61 Å². The molecule has 1 atom stereocenters. The highest BCUT2D eigenvalue weighted by Gasteiger charge is 2.33. The first-order valence-electron chi connectivity index (χ1n) is 7.35. The molecular formula is C18H14O5. The lowest BCUT2D eigenvalue weighted by molar-refractivity contribution is -0.111. The Labute approximate surface area is 132 Å². The van der Waals surface area contributed by atoms with Gasteiger partial charge in [-0.1, -0.05) is 36.4 Å². The summed E-state index contributed by atoms with van der Waals surface area (Å²) in [4.78, 5) is 23.8. The van der Waals surface area contributed by atoms with Crippen molar-refractivity contribution in [1.29, 1.82) is 0 Å². The number of fused-ring (bicyclic) bond motifs is 2. The topological polar surface area (TPSA) is 61.8 Å². The minimum atomic E-state index is -0.745. The SMILES string of the molecule is Cc1cccc2c1C(=O)OC2OCc1cccc2c1C(=O)OC2. The molecule has 2 aliphatic heterocycles. The molecule has 0 N–H and O–H groups in total. The maximum Gasteiger partial charge on any atom is 0.341 e. The van der Waals surface area contributed by atoms with Gasteiger partial charge in [0.2, 0.25) is 6.29 Å². The molecule has 0 aromatic heterocycles. The molecule has 0 saturated heterocycles. The summed E-state index contributed by atoms with van der Waals surface area (Å²) in [6.07, 6.45) is -0.745. The number of benzene rings is 2. The van der Waals surface area contributed by atoms with Crippen molar-refractivity contribution >= 4 is 11.9 Å². The molecule has 4 rings (SSSR count). The number of hydrogen-bond donors (Lipinski definition) is 0. The van der Waals surface area contributed by atoms with E-state index in [1.54, 1.807) is 0 Å². The Kier molecular flexibility index (Phi) is 3.16. The van der Waals surface area contributed by atoms with Crippen LogP contribution in [0.3, 0.4) is 0 Å². The largest absolute Gasteiger partial charge is 0.457 e. The molecule has 2 aliphatic rings. The van der Waals surface area contributed by atoms with Gasteiger partial charge in [-0.2, -0.15) is 0 Å². The van der Waals surface area contributed by atoms with Gasteiger partial charge >= 0.3 is 11.9 Å². The Morgan fingerprint density at radius 3 is 2.78 bits per heavy atom. The standard InChI is InChI=1S/C18H14O5/c1-10-4-2-7-13-14(10)17(20)23-18(13)22-9-12-6-3-5-11-8-21-16(19)15(11)12/h2-7,18H,8-9H2,1H3. The molecule has 0 radical (unpaired) electrons. The van der Waals surface area contributed by atoms with Gasteiger partial charge in [0.15, 0.2) is 0 Å². The van der Waals surface area contributed by atoms with E-state index in [9.17, 15) is 9.59 Å². The third-order valence-corrected chi connectivity index (χ3v) is 4.17. The Morgan fingerprint density at radius 1 is 1.09 bits per heavy atom. The summed E-state index contributed by atoms with van der Waals surface area (Å²) in [6, 6.07) is 11.1. The zero-order chi connectivity index (χ0) is 16.0. The van der Waals surface area contributed by atoms with Crippen LogP contribution in [0.5, 0.6) is 0 Å². The average molecular weight is 310 g/mol. The molecule has 2 aromatic rings. The van der Waals surface area contributed by atoms with E-state index >= 15 is 0 Å². The number of rotatable bonds is 3. The fraction of sp³-hybridized carbons (Fsp3) is 0.222. The Bertz CT molecular complexity index is 824. The zero-order valence-corrected chi connectivity index (χ0v) is 12.5. The monoisotopic (exact) mass is 310 g/mol. The summed E-state index contributed by atoms with van der Waals surface area (Å²) in [5.41, 5.74) is 4.31. The Balaban J connectivity index is 1.59. The average Bonchev–Trinajstić information content (AvgIpc) is 3.08. The molecule has 5 heteroatoms. The molecule has 116 valence electrons. The second kappa shape index (κ2) is 5.21. The summed E-state index contributed by atoms with van der Waals surface area (Å²) in [5, 5.41) is 0. The summed E-state index contributed by atoms with van der Waals surface area (Å²) >= 11 is 0. The zero-order valence-electron chi connectivity index (χ0n) is 12.5. The van der Waals surface area contributed by atoms with Crippen LogP contribution in [0.15, 0.2) is 36.4 Å². The van der Waals surface area contributed by atoms with E-state index in [4.69, 9.17) is 14.2 Å². The normalized spacial score (nSPS) is 18.4. The lowest BCUT2D eigenvalue weighted by Gasteiger charge is -2.13. The summed E-state index contributed by atoms with van der Waals surface area (Å²) in [6.45, 7) is 2.33. The minimum absolute atomic E-state index is 0.170. The smallest absolute Gasteiger partial charge is 0.341 e. The summed E-state index contributed by atoms with van der Waals surface area (Å²) < 4.78 is 16.1. The van der Waals surface area contributed by atoms with Gasteiger partial charge in [-0.25, -0.2) is 9.59 Å². The van der Waals surface area contributed by atoms with Crippen LogP contribution in [0.25, 0.3) is 0 Å². The van der Waals surface area contributed by atoms with Crippen molar-refractivity contribution in [3.63, 3.8) is 0 Å². The van der Waals surface area contributed by atoms with E-state index in [1.807, 2.05) is 43.3 Å². The maximum absolute atomic E-state index is 12.0. The van der Waals surface area contributed by atoms with E-state index in [0.717, 1.165) is 22.3 Å². The maximum atomic E-state index is 12.0. The first kappa shape index (κ1) is 14.0. The number of esters is 2. The van der Waals surface area contributed by atoms with Crippen LogP contribution < -0.4 is 0 Å². The highest BCUT2D eigenvalue weighted by atomic mass is 16.7. The van der Waals surface area contributed by atoms with Crippen molar-refractivity contribution < 1.29 is 23.8 Å². The number of carbonyl (C=O) groups excluding carboxylic acids is 2. The molecule has 0 spiro atoms. The molecule has 2 heterocycles. The number of hydrogen-bond acceptors (Lipinski definition) is 5. The predicted octanol–water partition coefficient (Wildman–Crippen LogP) is 3.05. The van der Waals surface area contributed by atoms with Gasteiger partial charge in [-0.3, -0.25) is 0 Å². The number of aryl methyl sites for hydroxylation is 1. The molecule has 0 fully saturated rings. The molecule has 5 nitrogen and oxygen atoms in total. The molecule has 2 aromatic carbocycles. The van der Waals surface area contributed by atoms with Crippen LogP contribution in [0.4, 0.5) is 0 Å². The highest BCUT2D eigenvalue weighted by molar-refractivity contribution is 5.95. The van der Waals surface area contributed by atoms with Crippen LogP contribution in [0.1, 0.15) is 49.3 Å². The third kappa shape index (κ3) is 2.21. The first-order valence-corrected chi connectivity index (χ1v) is 7.35. The lowest BCUT2D eigenvalue weighted by Crippen LogP contribution is -2.07. The van der Waals surface area contributed by atoms with Gasteiger partial charge in [0.25, 0.3) is 0 Å². The van der Waals surface area contributed by atoms with E-state index < -0.39 is 6.29 Å². The fourth-order valence-corrected chi connectivity index (χ4v) is 3.05. The van der Waals surface area contributed by atoms with Gasteiger partial charge in [-0.05, 0) is 18.1 Å². The molecule has 0 aliphatic carbocycles. The van der Waals surface area contributed by atoms with Crippen LogP contribution in [0, 0.1) is 6.92 Å². The van der Waals surface area contributed by atoms with Crippen molar-refractivity contribution in [2.45, 2.75) is 26.4 Å². The first-order chi connectivity index (χ1) is 11.1. The van der Waals surface area contributed by atoms with Crippen molar-refractivity contribution in [3.8, 4) is 0 Å². The van der Waals surface area contributed by atoms with Gasteiger partial charge in [-0.15, -0.1) is 0 Å². The third-order valence-electron chi connectivity index (χ3n) is 4.17. The number of ether oxygens (including phenoxy) is 3. The van der Waals surface area contributed by atoms with Crippen LogP contribution >= 0.6 is 0 Å². The molecule has 0 bridgehead atoms. The van der Waals surface area contributed by atoms with Crippen LogP contribution in [-0.2, 0) is 27.4 Å². The number of carbonyl (C=O) groups is 2. The Morgan fingerprint density at radius 2 is 1.91 bits per heavy atom. The van der Waals surface area contributed by atoms with E-state index in [2.05, 4.69) is 0 Å². The fourth-order valence-electron chi connectivity index (χ4n) is 3.05. The molecule has 0 amide bonds. The second-order valence-electron chi connectivity index (χ2n) is 5.61. The van der Waals surface area contributed by atoms with Crippen molar-refractivity contribution in [2.24, 2.45) is 0 Å². The second-order valence-corrected chi connectivity index (χ2v) is 5.61. The van der Waals surface area contributed by atoms with Gasteiger partial charge in [0, 0.05) is 11.1 Å². The van der Waals surface area contributed by atoms with Gasteiger partial charge < -0.3 is 14.2 Å². The molecule has 23 heavy (non-hydrogen) atoms. The minimum Gasteiger partial charge on any atom is -0.457 e. The Hall–Kier alpha value is -2.66. The van der Waals surface area contributed by atoms with Crippen molar-refractivity contribution in [1.82, 2.24) is 0 Å². The summed E-state index contributed by atoms with van der Waals surface area (Å²) in [7, 11) is 0. The van der Waals surface area contributed by atoms with Crippen molar-refractivity contribution in [2.75, 3.05) is 0 Å². The van der Waals surface area contributed by atoms with Gasteiger partial charge in [0.05, 0.1) is 17.7 Å². The van der Waals surface area contributed by atoms with Crippen molar-refractivity contribution in [3.05, 3.63) is 69.8 Å². The quantitative estimate of drug-likeness (QED) is 0.815. The molecular weight excluding hydrogens is 296 g/mol. The molecule has 0 saturated carbocycles.